The Balaban J connectivity index is 0.959. The Morgan fingerprint density at radius 2 is 1.91 bits per heavy atom. The van der Waals surface area contributed by atoms with Crippen molar-refractivity contribution in [3.05, 3.63) is 64.6 Å². The average molecular weight is 635 g/mol. The Morgan fingerprint density at radius 3 is 2.69 bits per heavy atom. The summed E-state index contributed by atoms with van der Waals surface area (Å²) in [4.78, 5) is 11.7. The molecule has 45 heavy (non-hydrogen) atoms. The molecule has 5 aromatic rings. The van der Waals surface area contributed by atoms with Gasteiger partial charge in [0.2, 0.25) is 5.88 Å². The molecule has 2 N–H and O–H groups in total. The van der Waals surface area contributed by atoms with Crippen molar-refractivity contribution in [1.82, 2.24) is 29.6 Å². The van der Waals surface area contributed by atoms with Crippen molar-refractivity contribution >= 4 is 38.3 Å². The molecule has 2 fully saturated rings. The smallest absolute Gasteiger partial charge is 0.393 e. The van der Waals surface area contributed by atoms with E-state index in [9.17, 15) is 18.4 Å². The number of nitrogens with zero attached hydrogens (tertiary/aromatic N) is 6. The van der Waals surface area contributed by atoms with Gasteiger partial charge in [-0.2, -0.15) is 18.4 Å². The summed E-state index contributed by atoms with van der Waals surface area (Å²) in [5, 5.41) is 22.3. The Hall–Kier alpha value is -4.15. The number of nitrogens with one attached hydrogen (secondary N) is 2. The summed E-state index contributed by atoms with van der Waals surface area (Å²) in [6, 6.07) is 14.3. The van der Waals surface area contributed by atoms with E-state index >= 15 is 0 Å². The lowest BCUT2D eigenvalue weighted by Gasteiger charge is -2.32. The van der Waals surface area contributed by atoms with Gasteiger partial charge >= 0.3 is 6.18 Å². The molecule has 1 aliphatic heterocycles. The number of hydrogen-bond donors (Lipinski definition) is 2. The molecule has 0 radical (unpaired) electrons. The normalized spacial score (nSPS) is 16.4. The van der Waals surface area contributed by atoms with Crippen LogP contribution in [0.3, 0.4) is 0 Å². The fraction of sp³-hybridized carbons (Fsp3) is 0.438. The molecule has 4 aromatic heterocycles. The summed E-state index contributed by atoms with van der Waals surface area (Å²) in [6.07, 6.45) is 1.65. The number of aromatic amines is 1. The van der Waals surface area contributed by atoms with E-state index in [2.05, 4.69) is 54.7 Å². The van der Waals surface area contributed by atoms with Gasteiger partial charge in [-0.3, -0.25) is 10.00 Å². The number of nitriles is 1. The Labute approximate surface area is 262 Å². The molecular weight excluding hydrogens is 601 g/mol. The van der Waals surface area contributed by atoms with Crippen LogP contribution in [-0.4, -0.2) is 61.5 Å². The number of H-pyrrole nitrogens is 1. The highest BCUT2D eigenvalue weighted by Crippen LogP contribution is 2.34. The number of alkyl halides is 3. The summed E-state index contributed by atoms with van der Waals surface area (Å²) >= 11 is 1.06. The second-order valence-electron chi connectivity index (χ2n) is 12.1. The van der Waals surface area contributed by atoms with Crippen molar-refractivity contribution in [3.8, 4) is 11.9 Å². The number of anilines is 1. The number of thiophene rings is 1. The number of hydrogen-bond acceptors (Lipinski definition) is 8. The monoisotopic (exact) mass is 634 g/mol. The van der Waals surface area contributed by atoms with E-state index in [-0.39, 0.29) is 10.9 Å². The molecule has 2 aliphatic rings. The van der Waals surface area contributed by atoms with Crippen LogP contribution in [0.1, 0.15) is 53.9 Å². The zero-order valence-electron chi connectivity index (χ0n) is 24.6. The maximum Gasteiger partial charge on any atom is 0.393 e. The fourth-order valence-corrected chi connectivity index (χ4v) is 7.10. The van der Waals surface area contributed by atoms with Crippen LogP contribution in [0.5, 0.6) is 5.88 Å². The van der Waals surface area contributed by atoms with E-state index in [1.807, 2.05) is 16.7 Å². The van der Waals surface area contributed by atoms with Gasteiger partial charge in [-0.25, -0.2) is 9.97 Å². The van der Waals surface area contributed by atoms with Gasteiger partial charge < -0.3 is 14.6 Å². The summed E-state index contributed by atoms with van der Waals surface area (Å²) < 4.78 is 46.5. The number of fused-ring (bicyclic) bond motifs is 2. The van der Waals surface area contributed by atoms with Crippen LogP contribution in [0.2, 0.25) is 0 Å². The van der Waals surface area contributed by atoms with Gasteiger partial charge in [0.1, 0.15) is 28.7 Å². The van der Waals surface area contributed by atoms with Crippen LogP contribution in [0.15, 0.2) is 42.7 Å². The van der Waals surface area contributed by atoms with Crippen molar-refractivity contribution < 1.29 is 17.9 Å². The van der Waals surface area contributed by atoms with Crippen molar-refractivity contribution in [3.63, 3.8) is 0 Å². The average Bonchev–Trinajstić information content (AvgIpc) is 3.40. The van der Waals surface area contributed by atoms with Gasteiger partial charge in [0.05, 0.1) is 30.7 Å². The first-order valence-electron chi connectivity index (χ1n) is 15.3. The van der Waals surface area contributed by atoms with E-state index in [1.54, 1.807) is 6.07 Å². The van der Waals surface area contributed by atoms with Crippen LogP contribution in [0.25, 0.3) is 21.1 Å². The van der Waals surface area contributed by atoms with Gasteiger partial charge in [0.25, 0.3) is 0 Å². The summed E-state index contributed by atoms with van der Waals surface area (Å²) in [5.74, 6) is 2.00. The zero-order valence-corrected chi connectivity index (χ0v) is 25.4. The fourth-order valence-electron chi connectivity index (χ4n) is 6.08. The van der Waals surface area contributed by atoms with E-state index in [4.69, 9.17) is 4.74 Å². The minimum Gasteiger partial charge on any atom is -0.477 e. The van der Waals surface area contributed by atoms with Crippen molar-refractivity contribution in [2.45, 2.75) is 63.8 Å². The third-order valence-electron chi connectivity index (χ3n) is 8.58. The molecule has 0 amide bonds. The topological polar surface area (TPSA) is 108 Å². The molecule has 7 rings (SSSR count). The van der Waals surface area contributed by atoms with Crippen LogP contribution in [0, 0.1) is 17.2 Å². The first-order chi connectivity index (χ1) is 21.8. The second-order valence-corrected chi connectivity index (χ2v) is 13.2. The minimum absolute atomic E-state index is 0.173. The van der Waals surface area contributed by atoms with Crippen LogP contribution in [-0.2, 0) is 19.5 Å². The number of likely N-dealkylation sites (tertiary alicyclic amines) is 1. The molecule has 9 nitrogen and oxygen atoms in total. The Kier molecular flexibility index (Phi) is 8.10. The summed E-state index contributed by atoms with van der Waals surface area (Å²) in [5.41, 5.74) is 3.65. The number of aromatic nitrogens is 5. The second kappa shape index (κ2) is 12.3. The molecule has 1 saturated carbocycles. The lowest BCUT2D eigenvalue weighted by Crippen LogP contribution is -2.38. The largest absolute Gasteiger partial charge is 0.477 e. The van der Waals surface area contributed by atoms with Gasteiger partial charge in [-0.05, 0) is 55.0 Å². The molecular formula is C32H33F3N8OS. The van der Waals surface area contributed by atoms with E-state index in [0.29, 0.717) is 40.8 Å². The SMILES string of the molecule is N#Cc1cc2cc(CN3CCC(Nc4ncnc5sc(CC(F)(F)F)cc45)CC3)ccc2n1Cc1cc(OCCC2CC2)n[nH]1. The highest BCUT2D eigenvalue weighted by Gasteiger charge is 2.29. The van der Waals surface area contributed by atoms with Crippen molar-refractivity contribution in [1.29, 1.82) is 5.26 Å². The highest BCUT2D eigenvalue weighted by molar-refractivity contribution is 7.18. The minimum atomic E-state index is -4.25. The van der Waals surface area contributed by atoms with E-state index in [1.165, 1.54) is 24.7 Å². The lowest BCUT2D eigenvalue weighted by atomic mass is 10.0. The quantitative estimate of drug-likeness (QED) is 0.168. The molecule has 234 valence electrons. The molecule has 0 bridgehead atoms. The first-order valence-corrected chi connectivity index (χ1v) is 16.1. The third kappa shape index (κ3) is 7.07. The lowest BCUT2D eigenvalue weighted by molar-refractivity contribution is -0.126. The number of ether oxygens (including phenoxy) is 1. The van der Waals surface area contributed by atoms with Crippen molar-refractivity contribution in [2.24, 2.45) is 5.92 Å². The molecule has 1 saturated heterocycles. The van der Waals surface area contributed by atoms with Crippen molar-refractivity contribution in [2.75, 3.05) is 25.0 Å². The van der Waals surface area contributed by atoms with Gasteiger partial charge in [-0.15, -0.1) is 16.4 Å². The molecule has 1 aliphatic carbocycles. The molecule has 0 unspecified atom stereocenters. The highest BCUT2D eigenvalue weighted by atomic mass is 32.1. The van der Waals surface area contributed by atoms with Gasteiger partial charge in [-0.1, -0.05) is 18.9 Å². The van der Waals surface area contributed by atoms with E-state index < -0.39 is 12.6 Å². The zero-order chi connectivity index (χ0) is 31.0. The van der Waals surface area contributed by atoms with Crippen LogP contribution >= 0.6 is 11.3 Å². The number of halogens is 3. The van der Waals surface area contributed by atoms with Crippen LogP contribution in [0.4, 0.5) is 19.0 Å². The summed E-state index contributed by atoms with van der Waals surface area (Å²) in [6.45, 7) is 3.72. The maximum absolute atomic E-state index is 12.9. The Morgan fingerprint density at radius 1 is 1.07 bits per heavy atom. The summed E-state index contributed by atoms with van der Waals surface area (Å²) in [7, 11) is 0. The molecule has 0 atom stereocenters. The van der Waals surface area contributed by atoms with E-state index in [0.717, 1.165) is 72.7 Å². The Bertz CT molecular complexity index is 1840. The number of piperidine rings is 1. The maximum atomic E-state index is 12.9. The third-order valence-corrected chi connectivity index (χ3v) is 9.62. The molecule has 1 aromatic carbocycles. The van der Waals surface area contributed by atoms with Crippen LogP contribution < -0.4 is 10.1 Å². The molecule has 0 spiro atoms. The van der Waals surface area contributed by atoms with Gasteiger partial charge in [0.15, 0.2) is 0 Å². The number of rotatable bonds is 11. The molecule has 5 heterocycles. The molecule has 13 heteroatoms. The van der Waals surface area contributed by atoms with Gasteiger partial charge in [0, 0.05) is 47.5 Å². The predicted octanol–water partition coefficient (Wildman–Crippen LogP) is 6.65. The first kappa shape index (κ1) is 29.6. The predicted molar refractivity (Wildman–Crippen MR) is 166 cm³/mol. The standard InChI is InChI=1S/C32H33F3N8OS/c33-32(34,35)15-26-14-27-30(37-19-38-31(27)45-26)39-23-5-8-42(9-6-23)17-21-3-4-28-22(11-21)12-25(16-36)43(28)18-24-13-29(41-40-24)44-10-7-20-1-2-20/h3-4,11-14,19-20,23H,1-2,5-10,15,17-18H2,(H,40,41)(H,37,38,39). The number of benzene rings is 1.